The third-order valence-electron chi connectivity index (χ3n) is 1.93. The van der Waals surface area contributed by atoms with E-state index in [9.17, 15) is 4.79 Å². The largest absolute Gasteiger partial charge is 0.356 e. The summed E-state index contributed by atoms with van der Waals surface area (Å²) < 4.78 is 0. The molecule has 92 valence electrons. The zero-order chi connectivity index (χ0) is 12.1. The summed E-state index contributed by atoms with van der Waals surface area (Å²) in [7, 11) is 1.96. The molecule has 0 aromatic heterocycles. The molecule has 0 unspecified atom stereocenters. The molecule has 0 heterocycles. The van der Waals surface area contributed by atoms with Crippen LogP contribution in [0, 0.1) is 5.92 Å². The van der Waals surface area contributed by atoms with Gasteiger partial charge in [0.25, 0.3) is 0 Å². The van der Waals surface area contributed by atoms with E-state index in [0.717, 1.165) is 19.5 Å². The van der Waals surface area contributed by atoms with Gasteiger partial charge in [-0.3, -0.25) is 4.79 Å². The smallest absolute Gasteiger partial charge is 0.222 e. The van der Waals surface area contributed by atoms with Crippen molar-refractivity contribution in [2.45, 2.75) is 47.0 Å². The fraction of sp³-hybridized carbons (Fsp3) is 0.917. The van der Waals surface area contributed by atoms with E-state index >= 15 is 0 Å². The summed E-state index contributed by atoms with van der Waals surface area (Å²) in [6.07, 6.45) is 3.45. The van der Waals surface area contributed by atoms with Crippen LogP contribution >= 0.6 is 0 Å². The Hall–Kier alpha value is -0.570. The Morgan fingerprint density at radius 2 is 1.60 bits per heavy atom. The Morgan fingerprint density at radius 1 is 1.07 bits per heavy atom. The van der Waals surface area contributed by atoms with Crippen LogP contribution in [-0.2, 0) is 4.79 Å². The van der Waals surface area contributed by atoms with Crippen LogP contribution in [-0.4, -0.2) is 26.0 Å². The number of carbonyl (C=O) groups excluding carboxylic acids is 1. The number of hydrogen-bond acceptors (Lipinski definition) is 2. The third kappa shape index (κ3) is 13.4. The Morgan fingerprint density at radius 3 is 2.07 bits per heavy atom. The van der Waals surface area contributed by atoms with Crippen molar-refractivity contribution in [1.29, 1.82) is 0 Å². The maximum atomic E-state index is 11.1. The molecule has 0 rings (SSSR count). The minimum absolute atomic E-state index is 0.109. The van der Waals surface area contributed by atoms with E-state index in [4.69, 9.17) is 0 Å². The highest BCUT2D eigenvalue weighted by molar-refractivity contribution is 5.77. The maximum Gasteiger partial charge on any atom is 0.222 e. The molecular weight excluding hydrogens is 188 g/mol. The molecule has 0 saturated heterocycles. The molecule has 0 aliphatic rings. The minimum atomic E-state index is 0.109. The van der Waals surface area contributed by atoms with Gasteiger partial charge in [0.05, 0.1) is 0 Å². The van der Waals surface area contributed by atoms with Crippen molar-refractivity contribution < 1.29 is 4.79 Å². The lowest BCUT2D eigenvalue weighted by Crippen LogP contribution is -2.28. The standard InChI is InChI=1S/C10H22N2O.C2H6/c1-9(2)10(13)12-8-6-4-5-7-11-3;1-2/h9,11H,4-8H2,1-3H3,(H,12,13);1-2H3. The molecule has 15 heavy (non-hydrogen) atoms. The van der Waals surface area contributed by atoms with Gasteiger partial charge < -0.3 is 10.6 Å². The summed E-state index contributed by atoms with van der Waals surface area (Å²) in [5.74, 6) is 0.269. The molecule has 0 saturated carbocycles. The summed E-state index contributed by atoms with van der Waals surface area (Å²) in [6, 6.07) is 0. The lowest BCUT2D eigenvalue weighted by molar-refractivity contribution is -0.123. The molecule has 2 N–H and O–H groups in total. The summed E-state index contributed by atoms with van der Waals surface area (Å²) in [5.41, 5.74) is 0. The van der Waals surface area contributed by atoms with Crippen LogP contribution in [0.1, 0.15) is 47.0 Å². The predicted molar refractivity (Wildman–Crippen MR) is 67.0 cm³/mol. The van der Waals surface area contributed by atoms with Gasteiger partial charge in [-0.2, -0.15) is 0 Å². The predicted octanol–water partition coefficient (Wildman–Crippen LogP) is 2.17. The fourth-order valence-corrected chi connectivity index (χ4v) is 1.02. The molecule has 0 radical (unpaired) electrons. The van der Waals surface area contributed by atoms with Crippen LogP contribution in [0.5, 0.6) is 0 Å². The van der Waals surface area contributed by atoms with Crippen molar-refractivity contribution in [3.8, 4) is 0 Å². The van der Waals surface area contributed by atoms with Crippen molar-refractivity contribution in [3.63, 3.8) is 0 Å². The van der Waals surface area contributed by atoms with Gasteiger partial charge in [0.2, 0.25) is 5.91 Å². The number of rotatable bonds is 7. The van der Waals surface area contributed by atoms with Gasteiger partial charge in [0, 0.05) is 12.5 Å². The molecule has 0 fully saturated rings. The first-order valence-corrected chi connectivity index (χ1v) is 6.10. The third-order valence-corrected chi connectivity index (χ3v) is 1.93. The zero-order valence-corrected chi connectivity index (χ0v) is 11.0. The van der Waals surface area contributed by atoms with Crippen LogP contribution in [0.15, 0.2) is 0 Å². The Balaban J connectivity index is 0. The number of nitrogens with one attached hydrogen (secondary N) is 2. The van der Waals surface area contributed by atoms with Crippen LogP contribution in [0.4, 0.5) is 0 Å². The topological polar surface area (TPSA) is 41.1 Å². The minimum Gasteiger partial charge on any atom is -0.356 e. The van der Waals surface area contributed by atoms with E-state index in [0.29, 0.717) is 0 Å². The monoisotopic (exact) mass is 216 g/mol. The molecule has 0 bridgehead atoms. The molecular formula is C12H28N2O. The number of carbonyl (C=O) groups is 1. The number of amides is 1. The second-order valence-electron chi connectivity index (χ2n) is 3.61. The maximum absolute atomic E-state index is 11.1. The first kappa shape index (κ1) is 16.8. The fourth-order valence-electron chi connectivity index (χ4n) is 1.02. The zero-order valence-electron chi connectivity index (χ0n) is 11.0. The SMILES string of the molecule is CC.CNCCCCCNC(=O)C(C)C. The molecule has 0 spiro atoms. The molecule has 0 aliphatic heterocycles. The van der Waals surface area contributed by atoms with E-state index in [1.165, 1.54) is 12.8 Å². The quantitative estimate of drug-likeness (QED) is 0.640. The molecule has 0 atom stereocenters. The number of hydrogen-bond donors (Lipinski definition) is 2. The molecule has 0 aromatic carbocycles. The van der Waals surface area contributed by atoms with E-state index < -0.39 is 0 Å². The van der Waals surface area contributed by atoms with Crippen LogP contribution in [0.3, 0.4) is 0 Å². The van der Waals surface area contributed by atoms with E-state index in [1.807, 2.05) is 34.7 Å². The average molecular weight is 216 g/mol. The van der Waals surface area contributed by atoms with Crippen molar-refractivity contribution in [2.75, 3.05) is 20.1 Å². The van der Waals surface area contributed by atoms with E-state index in [2.05, 4.69) is 10.6 Å². The van der Waals surface area contributed by atoms with Gasteiger partial charge in [0.15, 0.2) is 0 Å². The van der Waals surface area contributed by atoms with Gasteiger partial charge in [-0.05, 0) is 26.4 Å². The summed E-state index contributed by atoms with van der Waals surface area (Å²) in [6.45, 7) is 9.71. The summed E-state index contributed by atoms with van der Waals surface area (Å²) in [4.78, 5) is 11.1. The van der Waals surface area contributed by atoms with E-state index in [1.54, 1.807) is 0 Å². The molecule has 3 nitrogen and oxygen atoms in total. The van der Waals surface area contributed by atoms with Gasteiger partial charge >= 0.3 is 0 Å². The number of unbranched alkanes of at least 4 members (excludes halogenated alkanes) is 2. The van der Waals surface area contributed by atoms with Crippen molar-refractivity contribution in [1.82, 2.24) is 10.6 Å². The van der Waals surface area contributed by atoms with E-state index in [-0.39, 0.29) is 11.8 Å². The summed E-state index contributed by atoms with van der Waals surface area (Å²) in [5, 5.41) is 6.00. The Labute approximate surface area is 95.0 Å². The first-order chi connectivity index (χ1) is 7.18. The van der Waals surface area contributed by atoms with Crippen molar-refractivity contribution >= 4 is 5.91 Å². The van der Waals surface area contributed by atoms with Gasteiger partial charge in [0.1, 0.15) is 0 Å². The van der Waals surface area contributed by atoms with Crippen molar-refractivity contribution in [2.24, 2.45) is 5.92 Å². The van der Waals surface area contributed by atoms with Gasteiger partial charge in [-0.15, -0.1) is 0 Å². The molecule has 0 aliphatic carbocycles. The first-order valence-electron chi connectivity index (χ1n) is 6.10. The Kier molecular flexibility index (Phi) is 15.1. The molecule has 0 aromatic rings. The van der Waals surface area contributed by atoms with Gasteiger partial charge in [-0.25, -0.2) is 0 Å². The van der Waals surface area contributed by atoms with Crippen LogP contribution < -0.4 is 10.6 Å². The Bertz CT molecular complexity index is 136. The average Bonchev–Trinajstić information content (AvgIpc) is 2.25. The van der Waals surface area contributed by atoms with Crippen molar-refractivity contribution in [3.05, 3.63) is 0 Å². The summed E-state index contributed by atoms with van der Waals surface area (Å²) >= 11 is 0. The second kappa shape index (κ2) is 13.4. The highest BCUT2D eigenvalue weighted by Crippen LogP contribution is 1.94. The molecule has 1 amide bonds. The second-order valence-corrected chi connectivity index (χ2v) is 3.61. The lowest BCUT2D eigenvalue weighted by Gasteiger charge is -2.06. The normalized spacial score (nSPS) is 9.47. The highest BCUT2D eigenvalue weighted by Gasteiger charge is 2.04. The van der Waals surface area contributed by atoms with Gasteiger partial charge in [-0.1, -0.05) is 34.1 Å². The lowest BCUT2D eigenvalue weighted by atomic mass is 10.2. The van der Waals surface area contributed by atoms with Crippen LogP contribution in [0.2, 0.25) is 0 Å². The highest BCUT2D eigenvalue weighted by atomic mass is 16.1. The van der Waals surface area contributed by atoms with Crippen LogP contribution in [0.25, 0.3) is 0 Å². The molecule has 3 heteroatoms.